The quantitative estimate of drug-likeness (QED) is 0.906. The van der Waals surface area contributed by atoms with Crippen LogP contribution in [-0.2, 0) is 0 Å². The maximum atomic E-state index is 13.9. The highest BCUT2D eigenvalue weighted by molar-refractivity contribution is 6.05. The lowest BCUT2D eigenvalue weighted by Gasteiger charge is -2.16. The van der Waals surface area contributed by atoms with E-state index < -0.39 is 11.7 Å². The molecule has 6 nitrogen and oxygen atoms in total. The summed E-state index contributed by atoms with van der Waals surface area (Å²) in [5.41, 5.74) is 0.688. The minimum atomic E-state index is -0.596. The number of amides is 3. The van der Waals surface area contributed by atoms with Crippen molar-refractivity contribution < 1.29 is 18.4 Å². The minimum absolute atomic E-state index is 0.0208. The maximum absolute atomic E-state index is 13.9. The molecule has 2 rings (SSSR count). The summed E-state index contributed by atoms with van der Waals surface area (Å²) in [6.07, 6.45) is 1.39. The summed E-state index contributed by atoms with van der Waals surface area (Å²) in [7, 11) is 1.64. The van der Waals surface area contributed by atoms with E-state index in [0.717, 1.165) is 0 Å². The molecule has 7 heteroatoms. The first kappa shape index (κ1) is 16.5. The number of carbonyl (C=O) groups excluding carboxylic acids is 2. The molecule has 0 atom stereocenters. The van der Waals surface area contributed by atoms with Gasteiger partial charge in [0.25, 0.3) is 5.91 Å². The van der Waals surface area contributed by atoms with E-state index in [0.29, 0.717) is 23.6 Å². The lowest BCUT2D eigenvalue weighted by molar-refractivity contribution is 0.102. The normalized spacial score (nSPS) is 10.3. The fourth-order valence-corrected chi connectivity index (χ4v) is 1.87. The van der Waals surface area contributed by atoms with Gasteiger partial charge in [0.1, 0.15) is 11.6 Å². The molecule has 1 aromatic carbocycles. The second-order valence-electron chi connectivity index (χ2n) is 4.98. The highest BCUT2D eigenvalue weighted by Crippen LogP contribution is 2.21. The van der Waals surface area contributed by atoms with E-state index in [1.807, 2.05) is 6.92 Å². The molecule has 122 valence electrons. The Morgan fingerprint density at radius 1 is 1.26 bits per heavy atom. The molecular weight excluding hydrogens is 301 g/mol. The Labute approximate surface area is 133 Å². The number of furan rings is 1. The number of urea groups is 1. The lowest BCUT2D eigenvalue weighted by atomic mass is 10.2. The van der Waals surface area contributed by atoms with Crippen LogP contribution in [0.3, 0.4) is 0 Å². The summed E-state index contributed by atoms with van der Waals surface area (Å²) in [6, 6.07) is 5.16. The minimum Gasteiger partial charge on any atom is -0.469 e. The van der Waals surface area contributed by atoms with Gasteiger partial charge in [-0.3, -0.25) is 4.79 Å². The van der Waals surface area contributed by atoms with E-state index in [1.54, 1.807) is 14.0 Å². The number of hydrogen-bond donors (Lipinski definition) is 2. The van der Waals surface area contributed by atoms with E-state index in [9.17, 15) is 14.0 Å². The number of hydrogen-bond acceptors (Lipinski definition) is 3. The topological polar surface area (TPSA) is 74.6 Å². The van der Waals surface area contributed by atoms with Gasteiger partial charge in [0.2, 0.25) is 0 Å². The largest absolute Gasteiger partial charge is 0.469 e. The molecule has 23 heavy (non-hydrogen) atoms. The third kappa shape index (κ3) is 3.88. The van der Waals surface area contributed by atoms with Crippen molar-refractivity contribution in [2.75, 3.05) is 24.2 Å². The number of nitrogens with one attached hydrogen (secondary N) is 2. The molecule has 0 aliphatic carbocycles. The summed E-state index contributed by atoms with van der Waals surface area (Å²) in [6.45, 7) is 4.02. The van der Waals surface area contributed by atoms with Crippen LogP contribution in [0.4, 0.5) is 20.6 Å². The zero-order valence-corrected chi connectivity index (χ0v) is 13.1. The summed E-state index contributed by atoms with van der Waals surface area (Å²) < 4.78 is 18.9. The van der Waals surface area contributed by atoms with Gasteiger partial charge < -0.3 is 20.0 Å². The number of nitrogens with zero attached hydrogens (tertiary/aromatic N) is 1. The van der Waals surface area contributed by atoms with Gasteiger partial charge in [-0.25, -0.2) is 9.18 Å². The van der Waals surface area contributed by atoms with Gasteiger partial charge in [-0.1, -0.05) is 0 Å². The van der Waals surface area contributed by atoms with Gasteiger partial charge in [0.15, 0.2) is 0 Å². The van der Waals surface area contributed by atoms with Gasteiger partial charge in [-0.15, -0.1) is 0 Å². The van der Waals surface area contributed by atoms with Crippen molar-refractivity contribution in [3.8, 4) is 0 Å². The van der Waals surface area contributed by atoms with Crippen molar-refractivity contribution >= 4 is 23.3 Å². The average molecular weight is 319 g/mol. The molecule has 0 spiro atoms. The zero-order chi connectivity index (χ0) is 17.0. The Bertz CT molecular complexity index is 727. The van der Waals surface area contributed by atoms with Crippen LogP contribution in [0.5, 0.6) is 0 Å². The Morgan fingerprint density at radius 3 is 2.61 bits per heavy atom. The van der Waals surface area contributed by atoms with Gasteiger partial charge in [-0.2, -0.15) is 0 Å². The number of carbonyl (C=O) groups is 2. The van der Waals surface area contributed by atoms with Gasteiger partial charge >= 0.3 is 6.03 Å². The third-order valence-corrected chi connectivity index (χ3v) is 3.39. The third-order valence-electron chi connectivity index (χ3n) is 3.39. The van der Waals surface area contributed by atoms with Crippen LogP contribution in [0.15, 0.2) is 34.9 Å². The molecule has 2 N–H and O–H groups in total. The molecule has 2 aromatic rings. The van der Waals surface area contributed by atoms with Gasteiger partial charge in [0.05, 0.1) is 17.5 Å². The van der Waals surface area contributed by atoms with E-state index in [-0.39, 0.29) is 11.7 Å². The fraction of sp³-hybridized carbons (Fsp3) is 0.250. The van der Waals surface area contributed by atoms with E-state index in [2.05, 4.69) is 10.6 Å². The first-order valence-electron chi connectivity index (χ1n) is 7.09. The summed E-state index contributed by atoms with van der Waals surface area (Å²) >= 11 is 0. The molecule has 0 aliphatic rings. The highest BCUT2D eigenvalue weighted by atomic mass is 19.1. The van der Waals surface area contributed by atoms with Crippen LogP contribution in [0, 0.1) is 12.7 Å². The maximum Gasteiger partial charge on any atom is 0.321 e. The van der Waals surface area contributed by atoms with Crippen LogP contribution < -0.4 is 10.6 Å². The molecule has 0 radical (unpaired) electrons. The van der Waals surface area contributed by atoms with Crippen LogP contribution in [0.25, 0.3) is 0 Å². The molecule has 3 amide bonds. The molecule has 0 bridgehead atoms. The number of benzene rings is 1. The van der Waals surface area contributed by atoms with Gasteiger partial charge in [-0.05, 0) is 38.1 Å². The van der Waals surface area contributed by atoms with Crippen molar-refractivity contribution in [3.63, 3.8) is 0 Å². The fourth-order valence-electron chi connectivity index (χ4n) is 1.87. The molecule has 1 heterocycles. The predicted molar refractivity (Wildman–Crippen MR) is 85.1 cm³/mol. The van der Waals surface area contributed by atoms with Crippen LogP contribution in [0.1, 0.15) is 23.0 Å². The Kier molecular flexibility index (Phi) is 5.00. The molecule has 0 fully saturated rings. The number of rotatable bonds is 4. The zero-order valence-electron chi connectivity index (χ0n) is 13.1. The van der Waals surface area contributed by atoms with Crippen molar-refractivity contribution in [3.05, 3.63) is 47.7 Å². The molecule has 0 saturated carbocycles. The van der Waals surface area contributed by atoms with Crippen molar-refractivity contribution in [1.29, 1.82) is 0 Å². The van der Waals surface area contributed by atoms with Crippen LogP contribution in [0.2, 0.25) is 0 Å². The smallest absolute Gasteiger partial charge is 0.321 e. The number of aryl methyl sites for hydroxylation is 1. The Balaban J connectivity index is 2.16. The Hall–Kier alpha value is -2.83. The SMILES string of the molecule is CCN(C)C(=O)Nc1ccc(F)c(NC(=O)c2ccoc2C)c1. The van der Waals surface area contributed by atoms with Crippen molar-refractivity contribution in [2.24, 2.45) is 0 Å². The van der Waals surface area contributed by atoms with Gasteiger partial charge in [0, 0.05) is 19.3 Å². The molecule has 0 unspecified atom stereocenters. The summed E-state index contributed by atoms with van der Waals surface area (Å²) in [5.74, 6) is -0.636. The second kappa shape index (κ2) is 6.95. The second-order valence-corrected chi connectivity index (χ2v) is 4.98. The summed E-state index contributed by atoms with van der Waals surface area (Å²) in [5, 5.41) is 5.10. The van der Waals surface area contributed by atoms with E-state index >= 15 is 0 Å². The monoisotopic (exact) mass is 319 g/mol. The first-order valence-corrected chi connectivity index (χ1v) is 7.09. The number of halogens is 1. The lowest BCUT2D eigenvalue weighted by Crippen LogP contribution is -2.31. The van der Waals surface area contributed by atoms with Crippen LogP contribution >= 0.6 is 0 Å². The summed E-state index contributed by atoms with van der Waals surface area (Å²) in [4.78, 5) is 25.4. The van der Waals surface area contributed by atoms with E-state index in [1.165, 1.54) is 35.4 Å². The Morgan fingerprint density at radius 2 is 2.00 bits per heavy atom. The average Bonchev–Trinajstić information content (AvgIpc) is 2.95. The van der Waals surface area contributed by atoms with E-state index in [4.69, 9.17) is 4.42 Å². The predicted octanol–water partition coefficient (Wildman–Crippen LogP) is 3.46. The van der Waals surface area contributed by atoms with Crippen LogP contribution in [-0.4, -0.2) is 30.4 Å². The molecular formula is C16H18FN3O3. The van der Waals surface area contributed by atoms with Crippen molar-refractivity contribution in [2.45, 2.75) is 13.8 Å². The highest BCUT2D eigenvalue weighted by Gasteiger charge is 2.15. The number of anilines is 2. The van der Waals surface area contributed by atoms with Crippen molar-refractivity contribution in [1.82, 2.24) is 4.90 Å². The standard InChI is InChI=1S/C16H18FN3O3/c1-4-20(3)16(22)18-11-5-6-13(17)14(9-11)19-15(21)12-7-8-23-10(12)2/h5-9H,4H2,1-3H3,(H,18,22)(H,19,21). The molecule has 1 aromatic heterocycles. The molecule has 0 aliphatic heterocycles. The first-order chi connectivity index (χ1) is 10.9. The molecule has 0 saturated heterocycles.